The Kier molecular flexibility index (Phi) is 6.51. The number of halogens is 1. The van der Waals surface area contributed by atoms with E-state index in [0.29, 0.717) is 30.7 Å². The average molecular weight is 449 g/mol. The van der Waals surface area contributed by atoms with Crippen molar-refractivity contribution in [1.82, 2.24) is 18.7 Å². The van der Waals surface area contributed by atoms with Crippen molar-refractivity contribution in [2.75, 3.05) is 13.2 Å². The predicted octanol–water partition coefficient (Wildman–Crippen LogP) is 2.60. The quantitative estimate of drug-likeness (QED) is 0.496. The van der Waals surface area contributed by atoms with Crippen molar-refractivity contribution < 1.29 is 4.74 Å². The van der Waals surface area contributed by atoms with E-state index >= 15 is 0 Å². The monoisotopic (exact) mass is 448 g/mol. The number of hydrogen-bond donors (Lipinski definition) is 0. The Hall–Kier alpha value is -2.19. The molecule has 28 heavy (non-hydrogen) atoms. The smallest absolute Gasteiger partial charge is 0.332 e. The summed E-state index contributed by atoms with van der Waals surface area (Å²) in [6.45, 7) is 3.97. The summed E-state index contributed by atoms with van der Waals surface area (Å²) >= 11 is 3.50. The summed E-state index contributed by atoms with van der Waals surface area (Å²) in [7, 11) is 3.15. The first kappa shape index (κ1) is 20.5. The summed E-state index contributed by atoms with van der Waals surface area (Å²) in [5.74, 6) is 0.786. The third-order valence-electron chi connectivity index (χ3n) is 4.69. The number of ether oxygens (including phenoxy) is 1. The number of hydrogen-bond acceptors (Lipinski definition) is 4. The van der Waals surface area contributed by atoms with Gasteiger partial charge in [-0.05, 0) is 30.5 Å². The first-order chi connectivity index (χ1) is 13.4. The van der Waals surface area contributed by atoms with E-state index in [4.69, 9.17) is 4.74 Å². The molecule has 0 N–H and O–H groups in total. The number of benzene rings is 1. The van der Waals surface area contributed by atoms with E-state index in [9.17, 15) is 9.59 Å². The Morgan fingerprint density at radius 2 is 1.93 bits per heavy atom. The van der Waals surface area contributed by atoms with Crippen molar-refractivity contribution in [1.29, 1.82) is 0 Å². The van der Waals surface area contributed by atoms with Crippen molar-refractivity contribution in [3.63, 3.8) is 0 Å². The first-order valence-electron chi connectivity index (χ1n) is 9.41. The number of nitrogens with zero attached hydrogens (tertiary/aromatic N) is 4. The fourth-order valence-electron chi connectivity index (χ4n) is 3.25. The molecular weight excluding hydrogens is 424 g/mol. The van der Waals surface area contributed by atoms with Crippen molar-refractivity contribution >= 4 is 27.1 Å². The minimum Gasteiger partial charge on any atom is -0.381 e. The maximum atomic E-state index is 12.9. The van der Waals surface area contributed by atoms with Gasteiger partial charge in [0.25, 0.3) is 5.56 Å². The lowest BCUT2D eigenvalue weighted by Gasteiger charge is -2.10. The second kappa shape index (κ2) is 8.87. The molecule has 0 atom stereocenters. The zero-order valence-corrected chi connectivity index (χ0v) is 18.0. The van der Waals surface area contributed by atoms with Gasteiger partial charge in [-0.1, -0.05) is 35.0 Å². The Bertz CT molecular complexity index is 1100. The van der Waals surface area contributed by atoms with Crippen molar-refractivity contribution in [3.05, 3.63) is 61.0 Å². The Morgan fingerprint density at radius 3 is 2.64 bits per heavy atom. The van der Waals surface area contributed by atoms with Gasteiger partial charge in [0.2, 0.25) is 0 Å². The van der Waals surface area contributed by atoms with Crippen LogP contribution in [-0.2, 0) is 31.8 Å². The van der Waals surface area contributed by atoms with E-state index in [-0.39, 0.29) is 11.2 Å². The molecule has 150 valence electrons. The van der Waals surface area contributed by atoms with Crippen LogP contribution < -0.4 is 11.2 Å². The lowest BCUT2D eigenvalue weighted by Crippen LogP contribution is -2.37. The summed E-state index contributed by atoms with van der Waals surface area (Å²) in [6, 6.07) is 7.96. The van der Waals surface area contributed by atoms with E-state index in [1.165, 1.54) is 11.6 Å². The number of rotatable bonds is 8. The van der Waals surface area contributed by atoms with Gasteiger partial charge in [0.15, 0.2) is 11.2 Å². The minimum absolute atomic E-state index is 0.325. The van der Waals surface area contributed by atoms with Gasteiger partial charge in [-0.3, -0.25) is 13.9 Å². The molecule has 3 aromatic rings. The average Bonchev–Trinajstić information content (AvgIpc) is 3.03. The molecule has 0 amide bonds. The molecule has 0 aliphatic rings. The molecule has 0 unspecified atom stereocenters. The van der Waals surface area contributed by atoms with Crippen molar-refractivity contribution in [2.45, 2.75) is 32.7 Å². The summed E-state index contributed by atoms with van der Waals surface area (Å²) in [4.78, 5) is 29.8. The molecule has 0 saturated heterocycles. The fraction of sp³-hybridized carbons (Fsp3) is 0.450. The Balaban J connectivity index is 2.07. The van der Waals surface area contributed by atoms with E-state index in [0.717, 1.165) is 39.9 Å². The molecule has 0 spiro atoms. The van der Waals surface area contributed by atoms with Gasteiger partial charge in [0.1, 0.15) is 5.82 Å². The molecule has 0 radical (unpaired) electrons. The molecule has 0 fully saturated rings. The molecule has 0 aliphatic carbocycles. The van der Waals surface area contributed by atoms with Crippen LogP contribution in [0.15, 0.2) is 38.3 Å². The molecular formula is C20H25BrN4O3. The van der Waals surface area contributed by atoms with E-state index in [2.05, 4.69) is 27.8 Å². The van der Waals surface area contributed by atoms with Crippen LogP contribution in [0.3, 0.4) is 0 Å². The highest BCUT2D eigenvalue weighted by atomic mass is 79.9. The van der Waals surface area contributed by atoms with Gasteiger partial charge < -0.3 is 9.30 Å². The molecule has 2 aromatic heterocycles. The lowest BCUT2D eigenvalue weighted by molar-refractivity contribution is 0.132. The number of aryl methyl sites for hydroxylation is 2. The van der Waals surface area contributed by atoms with Crippen molar-refractivity contribution in [3.8, 4) is 0 Å². The molecule has 0 saturated carbocycles. The van der Waals surface area contributed by atoms with Crippen LogP contribution in [0.2, 0.25) is 0 Å². The highest BCUT2D eigenvalue weighted by Crippen LogP contribution is 2.18. The van der Waals surface area contributed by atoms with Gasteiger partial charge >= 0.3 is 5.69 Å². The molecule has 8 heteroatoms. The maximum absolute atomic E-state index is 12.9. The zero-order valence-electron chi connectivity index (χ0n) is 16.4. The Labute approximate surface area is 171 Å². The third kappa shape index (κ3) is 4.12. The molecule has 0 aliphatic heterocycles. The molecule has 2 heterocycles. The standard InChI is InChI=1S/C20H25BrN4O3/c1-4-10-28-11-6-9-16-22-18-17(19(26)24(3)20(27)23(18)2)25(16)13-14-7-5-8-15(21)12-14/h5,7-8,12H,4,6,9-11,13H2,1-3H3. The van der Waals surface area contributed by atoms with Crippen LogP contribution in [0.4, 0.5) is 0 Å². The van der Waals surface area contributed by atoms with E-state index < -0.39 is 0 Å². The van der Waals surface area contributed by atoms with Gasteiger partial charge in [-0.25, -0.2) is 9.78 Å². The van der Waals surface area contributed by atoms with Crippen LogP contribution >= 0.6 is 15.9 Å². The summed E-state index contributed by atoms with van der Waals surface area (Å²) in [5, 5.41) is 0. The second-order valence-electron chi connectivity index (χ2n) is 6.84. The van der Waals surface area contributed by atoms with Gasteiger partial charge in [-0.15, -0.1) is 0 Å². The van der Waals surface area contributed by atoms with Gasteiger partial charge in [0.05, 0.1) is 0 Å². The largest absolute Gasteiger partial charge is 0.381 e. The zero-order chi connectivity index (χ0) is 20.3. The Morgan fingerprint density at radius 1 is 1.14 bits per heavy atom. The topological polar surface area (TPSA) is 71.1 Å². The summed E-state index contributed by atoms with van der Waals surface area (Å²) < 4.78 is 11.0. The molecule has 1 aromatic carbocycles. The highest BCUT2D eigenvalue weighted by molar-refractivity contribution is 9.10. The molecule has 0 bridgehead atoms. The molecule has 3 rings (SSSR count). The van der Waals surface area contributed by atoms with Crippen LogP contribution in [0.5, 0.6) is 0 Å². The number of fused-ring (bicyclic) bond motifs is 1. The summed E-state index contributed by atoms with van der Waals surface area (Å²) in [5.41, 5.74) is 1.23. The van der Waals surface area contributed by atoms with Crippen LogP contribution in [0.25, 0.3) is 11.2 Å². The van der Waals surface area contributed by atoms with Crippen LogP contribution in [-0.4, -0.2) is 31.9 Å². The SMILES string of the molecule is CCCOCCCc1nc2c(c(=O)n(C)c(=O)n2C)n1Cc1cccc(Br)c1. The normalized spacial score (nSPS) is 11.4. The first-order valence-corrected chi connectivity index (χ1v) is 10.2. The molecule has 7 nitrogen and oxygen atoms in total. The fourth-order valence-corrected chi connectivity index (χ4v) is 3.70. The summed E-state index contributed by atoms with van der Waals surface area (Å²) in [6.07, 6.45) is 2.46. The van der Waals surface area contributed by atoms with Gasteiger partial charge in [-0.2, -0.15) is 0 Å². The van der Waals surface area contributed by atoms with E-state index in [1.54, 1.807) is 7.05 Å². The number of imidazole rings is 1. The minimum atomic E-state index is -0.373. The highest BCUT2D eigenvalue weighted by Gasteiger charge is 2.19. The third-order valence-corrected chi connectivity index (χ3v) is 5.19. The van der Waals surface area contributed by atoms with Gasteiger partial charge in [0, 0.05) is 44.7 Å². The van der Waals surface area contributed by atoms with Crippen LogP contribution in [0.1, 0.15) is 31.2 Å². The maximum Gasteiger partial charge on any atom is 0.332 e. The second-order valence-corrected chi connectivity index (χ2v) is 7.75. The lowest BCUT2D eigenvalue weighted by atomic mass is 10.2. The van der Waals surface area contributed by atoms with Crippen LogP contribution in [0, 0.1) is 0 Å². The predicted molar refractivity (Wildman–Crippen MR) is 113 cm³/mol. The number of aromatic nitrogens is 4. The van der Waals surface area contributed by atoms with Crippen molar-refractivity contribution in [2.24, 2.45) is 14.1 Å². The van der Waals surface area contributed by atoms with E-state index in [1.807, 2.05) is 28.8 Å².